The summed E-state index contributed by atoms with van der Waals surface area (Å²) in [5.74, 6) is -2.14. The first-order valence-electron chi connectivity index (χ1n) is 12.5. The summed E-state index contributed by atoms with van der Waals surface area (Å²) in [4.78, 5) is 19.4. The maximum atomic E-state index is 13.5. The number of hydrogen-bond donors (Lipinski definition) is 5. The summed E-state index contributed by atoms with van der Waals surface area (Å²) in [6, 6.07) is 5.46. The molecule has 16 heteroatoms. The molecule has 1 aromatic heterocycles. The maximum Gasteiger partial charge on any atom is 0.314 e. The van der Waals surface area contributed by atoms with Crippen LogP contribution in [0.5, 0.6) is 0 Å². The molecule has 0 aliphatic heterocycles. The third-order valence-electron chi connectivity index (χ3n) is 5.83. The molecule has 0 aliphatic rings. The molecular formula is C26H36FN5O9S. The number of quaternary nitrogens is 1. The zero-order valence-electron chi connectivity index (χ0n) is 23.6. The van der Waals surface area contributed by atoms with E-state index in [2.05, 4.69) is 9.97 Å². The van der Waals surface area contributed by atoms with Crippen LogP contribution in [-0.2, 0) is 14.8 Å². The molecule has 0 fully saturated rings. The van der Waals surface area contributed by atoms with Crippen molar-refractivity contribution in [1.29, 1.82) is 5.26 Å². The normalized spacial score (nSPS) is 13.3. The Balaban J connectivity index is 0.000000844. The third-order valence-corrected chi connectivity index (χ3v) is 6.99. The van der Waals surface area contributed by atoms with Crippen LogP contribution in [-0.4, -0.2) is 100 Å². The van der Waals surface area contributed by atoms with E-state index < -0.39 is 65.1 Å². The molecule has 0 bridgehead atoms. The summed E-state index contributed by atoms with van der Waals surface area (Å²) in [5, 5.41) is 64.0. The molecule has 0 amide bonds. The van der Waals surface area contributed by atoms with Gasteiger partial charge in [0.2, 0.25) is 16.0 Å². The van der Waals surface area contributed by atoms with Crippen LogP contribution >= 0.6 is 0 Å². The number of nitriles is 1. The Morgan fingerprint density at radius 2 is 1.69 bits per heavy atom. The predicted octanol–water partition coefficient (Wildman–Crippen LogP) is -0.799. The summed E-state index contributed by atoms with van der Waals surface area (Å²) in [6.45, 7) is 1.95. The monoisotopic (exact) mass is 613 g/mol. The lowest BCUT2D eigenvalue weighted by atomic mass is 9.97. The van der Waals surface area contributed by atoms with Gasteiger partial charge in [-0.2, -0.15) is 4.48 Å². The van der Waals surface area contributed by atoms with Gasteiger partial charge >= 0.3 is 6.19 Å². The van der Waals surface area contributed by atoms with Crippen LogP contribution in [0.25, 0.3) is 17.3 Å². The molecule has 5 N–H and O–H groups in total. The second-order valence-electron chi connectivity index (χ2n) is 9.62. The molecule has 0 saturated carbocycles. The number of hydrogen-bond acceptors (Lipinski definition) is 12. The van der Waals surface area contributed by atoms with Gasteiger partial charge in [0.1, 0.15) is 5.82 Å². The highest BCUT2D eigenvalue weighted by Crippen LogP contribution is 2.31. The van der Waals surface area contributed by atoms with Gasteiger partial charge < -0.3 is 35.4 Å². The fourth-order valence-electron chi connectivity index (χ4n) is 3.27. The second-order valence-corrected chi connectivity index (χ2v) is 11.6. The first-order valence-corrected chi connectivity index (χ1v) is 14.3. The van der Waals surface area contributed by atoms with Gasteiger partial charge in [0.25, 0.3) is 0 Å². The van der Waals surface area contributed by atoms with Gasteiger partial charge in [0.05, 0.1) is 29.9 Å². The highest BCUT2D eigenvalue weighted by atomic mass is 32.2. The molecule has 2 aromatic rings. The minimum absolute atomic E-state index is 0.0670. The Labute approximate surface area is 243 Å². The number of carbonyl (C=O) groups is 1. The summed E-state index contributed by atoms with van der Waals surface area (Å²) in [7, 11) is -2.34. The lowest BCUT2D eigenvalue weighted by Gasteiger charge is -2.20. The van der Waals surface area contributed by atoms with Crippen molar-refractivity contribution < 1.29 is 52.7 Å². The Kier molecular flexibility index (Phi) is 14.0. The first-order chi connectivity index (χ1) is 19.5. The quantitative estimate of drug-likeness (QED) is 0.106. The number of carboxylic acids is 1. The topological polar surface area (TPSA) is 228 Å². The number of carboxylic acid groups (broad SMARTS) is 1. The van der Waals surface area contributed by atoms with Gasteiger partial charge in [-0.05, 0) is 30.2 Å². The summed E-state index contributed by atoms with van der Waals surface area (Å²) < 4.78 is 37.8. The van der Waals surface area contributed by atoms with Crippen molar-refractivity contribution in [2.45, 2.75) is 44.8 Å². The number of aliphatic carboxylic acids is 1. The van der Waals surface area contributed by atoms with Crippen LogP contribution in [0.2, 0.25) is 0 Å². The Hall–Kier alpha value is -3.56. The molecule has 2 atom stereocenters. The van der Waals surface area contributed by atoms with Crippen molar-refractivity contribution in [3.8, 4) is 17.5 Å². The number of nitrogens with zero attached hydrogens (tertiary/aromatic N) is 5. The van der Waals surface area contributed by atoms with Crippen LogP contribution in [0.1, 0.15) is 43.9 Å². The second kappa shape index (κ2) is 16.2. The van der Waals surface area contributed by atoms with Crippen LogP contribution in [0.4, 0.5) is 10.3 Å². The van der Waals surface area contributed by atoms with Gasteiger partial charge in [-0.1, -0.05) is 26.0 Å². The molecule has 14 nitrogen and oxygen atoms in total. The molecule has 42 heavy (non-hydrogen) atoms. The number of aromatic nitrogens is 2. The Morgan fingerprint density at radius 1 is 1.14 bits per heavy atom. The number of halogens is 1. The highest BCUT2D eigenvalue weighted by Gasteiger charge is 2.24. The molecular weight excluding hydrogens is 577 g/mol. The average molecular weight is 614 g/mol. The van der Waals surface area contributed by atoms with Crippen LogP contribution in [0.15, 0.2) is 30.3 Å². The van der Waals surface area contributed by atoms with E-state index in [1.54, 1.807) is 6.19 Å². The van der Waals surface area contributed by atoms with E-state index in [1.807, 2.05) is 13.8 Å². The number of aliphatic hydroxyl groups is 5. The molecule has 0 unspecified atom stereocenters. The van der Waals surface area contributed by atoms with Gasteiger partial charge in [0, 0.05) is 37.0 Å². The van der Waals surface area contributed by atoms with Gasteiger partial charge in [-0.3, -0.25) is 0 Å². The lowest BCUT2D eigenvalue weighted by molar-refractivity contribution is -0.920. The molecule has 0 spiro atoms. The van der Waals surface area contributed by atoms with Gasteiger partial charge in [0.15, 0.2) is 20.2 Å². The van der Waals surface area contributed by atoms with Gasteiger partial charge in [-0.25, -0.2) is 27.1 Å². The Morgan fingerprint density at radius 3 is 2.10 bits per heavy atom. The number of benzene rings is 1. The SMILES string of the molecule is CC(C)c1nc(N(C)S(C)(=O)=O)nc(-c2ccc(F)cc2)c1/C=C/[C@@H](O)C[C@@H](O)CC(=O)[O-].N#C[N+](CO)(CO)CO. The van der Waals surface area contributed by atoms with E-state index >= 15 is 0 Å². The summed E-state index contributed by atoms with van der Waals surface area (Å²) >= 11 is 0. The van der Waals surface area contributed by atoms with Crippen molar-refractivity contribution in [2.75, 3.05) is 37.8 Å². The molecule has 0 saturated heterocycles. The van der Waals surface area contributed by atoms with Crippen molar-refractivity contribution in [3.05, 3.63) is 47.4 Å². The average Bonchev–Trinajstić information content (AvgIpc) is 2.92. The smallest absolute Gasteiger partial charge is 0.314 e. The molecule has 1 aromatic carbocycles. The van der Waals surface area contributed by atoms with E-state index in [0.29, 0.717) is 22.5 Å². The number of rotatable bonds is 13. The van der Waals surface area contributed by atoms with E-state index in [0.717, 1.165) is 10.6 Å². The number of anilines is 1. The molecule has 1 heterocycles. The number of carbonyl (C=O) groups excluding carboxylic acids is 1. The Bertz CT molecular complexity index is 1350. The minimum Gasteiger partial charge on any atom is -0.550 e. The zero-order valence-corrected chi connectivity index (χ0v) is 24.4. The number of sulfonamides is 1. The van der Waals surface area contributed by atoms with Crippen LogP contribution < -0.4 is 9.41 Å². The highest BCUT2D eigenvalue weighted by molar-refractivity contribution is 7.92. The van der Waals surface area contributed by atoms with E-state index in [1.165, 1.54) is 43.5 Å². The molecule has 0 radical (unpaired) electrons. The number of aliphatic hydroxyl groups excluding tert-OH is 5. The summed E-state index contributed by atoms with van der Waals surface area (Å²) in [6.07, 6.45) is 2.13. The maximum absolute atomic E-state index is 13.5. The summed E-state index contributed by atoms with van der Waals surface area (Å²) in [5.41, 5.74) is 1.76. The largest absolute Gasteiger partial charge is 0.550 e. The predicted molar refractivity (Wildman–Crippen MR) is 147 cm³/mol. The van der Waals surface area contributed by atoms with E-state index in [4.69, 9.17) is 20.6 Å². The fourth-order valence-corrected chi connectivity index (χ4v) is 3.64. The lowest BCUT2D eigenvalue weighted by Crippen LogP contribution is -2.45. The van der Waals surface area contributed by atoms with Crippen LogP contribution in [0.3, 0.4) is 0 Å². The van der Waals surface area contributed by atoms with Crippen molar-refractivity contribution in [1.82, 2.24) is 9.97 Å². The molecule has 0 aliphatic carbocycles. The van der Waals surface area contributed by atoms with Crippen molar-refractivity contribution in [3.63, 3.8) is 0 Å². The van der Waals surface area contributed by atoms with Gasteiger partial charge in [-0.15, -0.1) is 5.26 Å². The van der Waals surface area contributed by atoms with Crippen LogP contribution in [0, 0.1) is 17.3 Å². The van der Waals surface area contributed by atoms with E-state index in [9.17, 15) is 32.9 Å². The standard InChI is InChI=1S/C22H28FN3O6S.C4H9N2O3/c1-13(2)20-18(10-9-16(27)11-17(28)12-19(29)30)21(14-5-7-15(23)8-6-14)25-22(24-20)26(3)33(4,31)32;5-1-6(2-7,3-8)4-9/h5-10,13,16-17,27-28H,11-12H2,1-4H3,(H,29,30);7-9H,2-4H2/q;+1/p-1/b10-9+;/t16-,17-;/m1./s1. The van der Waals surface area contributed by atoms with Crippen molar-refractivity contribution >= 4 is 28.0 Å². The van der Waals surface area contributed by atoms with E-state index in [-0.39, 0.29) is 18.3 Å². The first kappa shape index (κ1) is 36.5. The third kappa shape index (κ3) is 10.7. The molecule has 232 valence electrons. The minimum atomic E-state index is -3.66. The zero-order chi connectivity index (χ0) is 32.3. The fraction of sp³-hybridized carbons (Fsp3) is 0.462. The molecule has 2 rings (SSSR count). The van der Waals surface area contributed by atoms with Crippen molar-refractivity contribution in [2.24, 2.45) is 0 Å².